The van der Waals surface area contributed by atoms with Crippen LogP contribution in [-0.4, -0.2) is 36.3 Å². The third-order valence-electron chi connectivity index (χ3n) is 4.09. The average Bonchev–Trinajstić information content (AvgIpc) is 2.62. The van der Waals surface area contributed by atoms with Crippen molar-refractivity contribution in [3.8, 4) is 0 Å². The van der Waals surface area contributed by atoms with Gasteiger partial charge in [-0.1, -0.05) is 24.3 Å². The third kappa shape index (κ3) is 4.00. The second-order valence-corrected chi connectivity index (χ2v) is 5.85. The van der Waals surface area contributed by atoms with Crippen molar-refractivity contribution >= 4 is 17.5 Å². The van der Waals surface area contributed by atoms with Crippen LogP contribution in [0.3, 0.4) is 0 Å². The van der Waals surface area contributed by atoms with Crippen molar-refractivity contribution in [1.29, 1.82) is 0 Å². The van der Waals surface area contributed by atoms with Gasteiger partial charge in [-0.3, -0.25) is 9.59 Å². The van der Waals surface area contributed by atoms with Gasteiger partial charge >= 0.3 is 0 Å². The normalized spacial score (nSPS) is 11.7. The summed E-state index contributed by atoms with van der Waals surface area (Å²) in [5, 5.41) is 2.87. The van der Waals surface area contributed by atoms with Gasteiger partial charge in [0, 0.05) is 36.4 Å². The molecule has 2 rings (SSSR count). The summed E-state index contributed by atoms with van der Waals surface area (Å²) in [4.78, 5) is 26.4. The van der Waals surface area contributed by atoms with E-state index < -0.39 is 0 Å². The summed E-state index contributed by atoms with van der Waals surface area (Å²) in [6, 6.07) is 14.2. The number of hydrogen-bond donors (Lipinski definition) is 2. The van der Waals surface area contributed by atoms with Crippen molar-refractivity contribution in [2.24, 2.45) is 5.73 Å². The zero-order valence-electron chi connectivity index (χ0n) is 14.2. The SMILES string of the molecule is Cc1ccc(C(=O)N(C)C(C)CN)cc1NC(=O)c1ccccc1. The van der Waals surface area contributed by atoms with Gasteiger partial charge in [-0.05, 0) is 43.7 Å². The Kier molecular flexibility index (Phi) is 5.71. The van der Waals surface area contributed by atoms with Crippen molar-refractivity contribution in [3.05, 3.63) is 65.2 Å². The maximum atomic E-state index is 12.5. The zero-order valence-corrected chi connectivity index (χ0v) is 14.2. The maximum Gasteiger partial charge on any atom is 0.255 e. The van der Waals surface area contributed by atoms with E-state index in [1.54, 1.807) is 36.2 Å². The van der Waals surface area contributed by atoms with E-state index in [0.717, 1.165) is 5.56 Å². The van der Waals surface area contributed by atoms with Crippen molar-refractivity contribution in [2.75, 3.05) is 18.9 Å². The lowest BCUT2D eigenvalue weighted by atomic mass is 10.1. The van der Waals surface area contributed by atoms with E-state index in [1.807, 2.05) is 38.1 Å². The number of benzene rings is 2. The van der Waals surface area contributed by atoms with E-state index in [9.17, 15) is 9.59 Å². The molecule has 0 saturated heterocycles. The lowest BCUT2D eigenvalue weighted by molar-refractivity contribution is 0.0748. The number of nitrogens with one attached hydrogen (secondary N) is 1. The lowest BCUT2D eigenvalue weighted by Gasteiger charge is -2.24. The highest BCUT2D eigenvalue weighted by Crippen LogP contribution is 2.19. The second-order valence-electron chi connectivity index (χ2n) is 5.85. The highest BCUT2D eigenvalue weighted by molar-refractivity contribution is 6.05. The molecule has 5 heteroatoms. The first-order chi connectivity index (χ1) is 11.4. The first-order valence-corrected chi connectivity index (χ1v) is 7.88. The monoisotopic (exact) mass is 325 g/mol. The molecular weight excluding hydrogens is 302 g/mol. The summed E-state index contributed by atoms with van der Waals surface area (Å²) >= 11 is 0. The maximum absolute atomic E-state index is 12.5. The number of aryl methyl sites for hydroxylation is 1. The molecule has 0 saturated carbocycles. The fourth-order valence-corrected chi connectivity index (χ4v) is 2.24. The standard InChI is InChI=1S/C19H23N3O2/c1-13-9-10-16(19(24)22(3)14(2)12-20)11-17(13)21-18(23)15-7-5-4-6-8-15/h4-11,14H,12,20H2,1-3H3,(H,21,23). The number of likely N-dealkylation sites (N-methyl/N-ethyl adjacent to an activating group) is 1. The number of anilines is 1. The molecule has 0 aliphatic rings. The fourth-order valence-electron chi connectivity index (χ4n) is 2.24. The van der Waals surface area contributed by atoms with Crippen LogP contribution in [0.5, 0.6) is 0 Å². The van der Waals surface area contributed by atoms with Gasteiger partial charge in [0.2, 0.25) is 0 Å². The molecule has 24 heavy (non-hydrogen) atoms. The van der Waals surface area contributed by atoms with E-state index in [-0.39, 0.29) is 17.9 Å². The Balaban J connectivity index is 2.23. The van der Waals surface area contributed by atoms with Crippen LogP contribution in [0, 0.1) is 6.92 Å². The molecule has 1 atom stereocenters. The molecule has 0 radical (unpaired) electrons. The minimum absolute atomic E-state index is 0.0545. The summed E-state index contributed by atoms with van der Waals surface area (Å²) in [6.07, 6.45) is 0. The van der Waals surface area contributed by atoms with E-state index in [2.05, 4.69) is 5.32 Å². The highest BCUT2D eigenvalue weighted by Gasteiger charge is 2.17. The van der Waals surface area contributed by atoms with Gasteiger partial charge < -0.3 is 16.0 Å². The smallest absolute Gasteiger partial charge is 0.255 e. The van der Waals surface area contributed by atoms with Gasteiger partial charge in [-0.2, -0.15) is 0 Å². The van der Waals surface area contributed by atoms with Crippen LogP contribution in [0.1, 0.15) is 33.2 Å². The molecule has 0 spiro atoms. The van der Waals surface area contributed by atoms with Crippen LogP contribution in [0.2, 0.25) is 0 Å². The number of amides is 2. The highest BCUT2D eigenvalue weighted by atomic mass is 16.2. The Morgan fingerprint density at radius 3 is 2.42 bits per heavy atom. The van der Waals surface area contributed by atoms with E-state index >= 15 is 0 Å². The minimum Gasteiger partial charge on any atom is -0.338 e. The molecule has 2 aromatic rings. The van der Waals surface area contributed by atoms with Crippen molar-refractivity contribution in [3.63, 3.8) is 0 Å². The third-order valence-corrected chi connectivity index (χ3v) is 4.09. The van der Waals surface area contributed by atoms with Gasteiger partial charge in [-0.25, -0.2) is 0 Å². The van der Waals surface area contributed by atoms with Crippen molar-refractivity contribution < 1.29 is 9.59 Å². The van der Waals surface area contributed by atoms with Crippen LogP contribution in [0.15, 0.2) is 48.5 Å². The number of rotatable bonds is 5. The van der Waals surface area contributed by atoms with Crippen molar-refractivity contribution in [1.82, 2.24) is 4.90 Å². The molecular formula is C19H23N3O2. The summed E-state index contributed by atoms with van der Waals surface area (Å²) < 4.78 is 0. The van der Waals surface area contributed by atoms with E-state index in [4.69, 9.17) is 5.73 Å². The molecule has 0 aliphatic carbocycles. The van der Waals surface area contributed by atoms with Crippen LogP contribution in [0.4, 0.5) is 5.69 Å². The predicted octanol–water partition coefficient (Wildman–Crippen LogP) is 2.67. The molecule has 0 fully saturated rings. The van der Waals surface area contributed by atoms with Crippen LogP contribution in [-0.2, 0) is 0 Å². The van der Waals surface area contributed by atoms with Crippen molar-refractivity contribution in [2.45, 2.75) is 19.9 Å². The van der Waals surface area contributed by atoms with Gasteiger partial charge in [0.05, 0.1) is 0 Å². The summed E-state index contributed by atoms with van der Waals surface area (Å²) in [6.45, 7) is 4.18. The Bertz CT molecular complexity index is 729. The molecule has 0 bridgehead atoms. The summed E-state index contributed by atoms with van der Waals surface area (Å²) in [5.74, 6) is -0.324. The molecule has 5 nitrogen and oxygen atoms in total. The van der Waals surface area contributed by atoms with Crippen LogP contribution in [0.25, 0.3) is 0 Å². The van der Waals surface area contributed by atoms with E-state index in [0.29, 0.717) is 23.4 Å². The fraction of sp³-hybridized carbons (Fsp3) is 0.263. The molecule has 3 N–H and O–H groups in total. The van der Waals surface area contributed by atoms with Gasteiger partial charge in [0.15, 0.2) is 0 Å². The Morgan fingerprint density at radius 1 is 1.12 bits per heavy atom. The summed E-state index contributed by atoms with van der Waals surface area (Å²) in [7, 11) is 1.72. The minimum atomic E-state index is -0.202. The first-order valence-electron chi connectivity index (χ1n) is 7.88. The Morgan fingerprint density at radius 2 is 1.79 bits per heavy atom. The molecule has 0 aromatic heterocycles. The van der Waals surface area contributed by atoms with Gasteiger partial charge in [0.1, 0.15) is 0 Å². The van der Waals surface area contributed by atoms with Crippen LogP contribution >= 0.6 is 0 Å². The topological polar surface area (TPSA) is 75.4 Å². The Hall–Kier alpha value is -2.66. The molecule has 0 aliphatic heterocycles. The quantitative estimate of drug-likeness (QED) is 0.887. The zero-order chi connectivity index (χ0) is 17.7. The second kappa shape index (κ2) is 7.75. The molecule has 126 valence electrons. The summed E-state index contributed by atoms with van der Waals surface area (Å²) in [5.41, 5.74) is 8.24. The molecule has 2 amide bonds. The molecule has 1 unspecified atom stereocenters. The van der Waals surface area contributed by atoms with Gasteiger partial charge in [-0.15, -0.1) is 0 Å². The number of nitrogens with two attached hydrogens (primary N) is 1. The molecule has 0 heterocycles. The largest absolute Gasteiger partial charge is 0.338 e. The number of nitrogens with zero attached hydrogens (tertiary/aromatic N) is 1. The Labute approximate surface area is 142 Å². The van der Waals surface area contributed by atoms with E-state index in [1.165, 1.54) is 0 Å². The number of carbonyl (C=O) groups is 2. The average molecular weight is 325 g/mol. The lowest BCUT2D eigenvalue weighted by Crippen LogP contribution is -2.39. The van der Waals surface area contributed by atoms with Crippen LogP contribution < -0.4 is 11.1 Å². The molecule has 2 aromatic carbocycles. The number of hydrogen-bond acceptors (Lipinski definition) is 3. The number of carbonyl (C=O) groups excluding carboxylic acids is 2. The van der Waals surface area contributed by atoms with Gasteiger partial charge in [0.25, 0.3) is 11.8 Å². The first kappa shape index (κ1) is 17.7. The predicted molar refractivity (Wildman–Crippen MR) is 96.2 cm³/mol.